The van der Waals surface area contributed by atoms with Gasteiger partial charge in [0.1, 0.15) is 0 Å². The molecule has 0 N–H and O–H groups in total. The summed E-state index contributed by atoms with van der Waals surface area (Å²) in [6, 6.07) is 19.0. The van der Waals surface area contributed by atoms with Gasteiger partial charge in [-0.1, -0.05) is 89.1 Å². The minimum Gasteiger partial charge on any atom is -0.304 e. The van der Waals surface area contributed by atoms with Crippen molar-refractivity contribution in [1.82, 2.24) is 9.80 Å². The van der Waals surface area contributed by atoms with E-state index >= 15 is 0 Å². The monoisotopic (exact) mass is 484 g/mol. The minimum absolute atomic E-state index is 1.17. The van der Waals surface area contributed by atoms with Gasteiger partial charge >= 0.3 is 0 Å². The van der Waals surface area contributed by atoms with Crippen molar-refractivity contribution < 1.29 is 0 Å². The summed E-state index contributed by atoms with van der Waals surface area (Å²) in [5, 5.41) is 2.97. The van der Waals surface area contributed by atoms with Gasteiger partial charge in [-0.3, -0.25) is 0 Å². The Morgan fingerprint density at radius 2 is 1.14 bits per heavy atom. The fraction of sp³-hybridized carbons (Fsp3) is 0.529. The maximum Gasteiger partial charge on any atom is -0.00190 e. The molecule has 2 heteroatoms. The van der Waals surface area contributed by atoms with Crippen molar-refractivity contribution in [3.63, 3.8) is 0 Å². The number of rotatable bonds is 16. The van der Waals surface area contributed by atoms with E-state index < -0.39 is 0 Å². The Balaban J connectivity index is 1.40. The van der Waals surface area contributed by atoms with Gasteiger partial charge in [0.25, 0.3) is 0 Å². The highest BCUT2D eigenvalue weighted by atomic mass is 15.1. The lowest BCUT2D eigenvalue weighted by Gasteiger charge is -2.17. The van der Waals surface area contributed by atoms with Crippen molar-refractivity contribution in [1.29, 1.82) is 0 Å². The van der Waals surface area contributed by atoms with Crippen LogP contribution in [0.15, 0.2) is 48.5 Å². The van der Waals surface area contributed by atoms with Crippen LogP contribution >= 0.6 is 0 Å². The quantitative estimate of drug-likeness (QED) is 0.147. The topological polar surface area (TPSA) is 6.48 Å². The number of nitrogens with zero attached hydrogens (tertiary/aromatic N) is 2. The van der Waals surface area contributed by atoms with Crippen LogP contribution in [0.3, 0.4) is 0 Å². The maximum atomic E-state index is 2.54. The molecule has 0 fully saturated rings. The predicted molar refractivity (Wildman–Crippen MR) is 159 cm³/mol. The van der Waals surface area contributed by atoms with E-state index in [0.717, 1.165) is 0 Å². The summed E-state index contributed by atoms with van der Waals surface area (Å²) in [7, 11) is 0. The number of fused-ring (bicyclic) bond motifs is 3. The molecule has 0 amide bonds. The smallest absolute Gasteiger partial charge is 0.00190 e. The fourth-order valence-electron chi connectivity index (χ4n) is 6.09. The highest BCUT2D eigenvalue weighted by Crippen LogP contribution is 2.48. The Morgan fingerprint density at radius 1 is 0.528 bits per heavy atom. The molecule has 3 aromatic carbocycles. The van der Waals surface area contributed by atoms with Crippen molar-refractivity contribution in [2.24, 2.45) is 0 Å². The van der Waals surface area contributed by atoms with Gasteiger partial charge in [0.2, 0.25) is 0 Å². The zero-order valence-electron chi connectivity index (χ0n) is 23.4. The van der Waals surface area contributed by atoms with Crippen LogP contribution in [0.4, 0.5) is 0 Å². The molecule has 0 aliphatic heterocycles. The first kappa shape index (κ1) is 26.9. The first-order valence-electron chi connectivity index (χ1n) is 14.8. The molecule has 3 aromatic rings. The molecule has 0 bridgehead atoms. The zero-order chi connectivity index (χ0) is 25.3. The van der Waals surface area contributed by atoms with E-state index in [4.69, 9.17) is 0 Å². The largest absolute Gasteiger partial charge is 0.304 e. The normalized spacial score (nSPS) is 12.3. The molecule has 1 aliphatic rings. The van der Waals surface area contributed by atoms with Gasteiger partial charge in [0.05, 0.1) is 0 Å². The van der Waals surface area contributed by atoms with Crippen LogP contribution in [0.1, 0.15) is 77.3 Å². The van der Waals surface area contributed by atoms with Crippen LogP contribution in [-0.4, -0.2) is 49.1 Å². The standard InChI is InChI=1S/C34H48N2/c1-5-35(6-2)24-13-9-11-16-27-20-22-30-31-19-15-18-29-28(17-12-10-14-25-36(7-3)8-4)21-23-32(34(29)31)33(30)26-27/h15,18-23,26H,5-14,16-17,24-25H2,1-4H3. The Hall–Kier alpha value is -2.16. The van der Waals surface area contributed by atoms with Crippen molar-refractivity contribution in [3.8, 4) is 22.3 Å². The van der Waals surface area contributed by atoms with E-state index in [1.54, 1.807) is 0 Å². The van der Waals surface area contributed by atoms with E-state index in [1.165, 1.54) is 135 Å². The third kappa shape index (κ3) is 6.21. The average molecular weight is 485 g/mol. The lowest BCUT2D eigenvalue weighted by atomic mass is 9.95. The lowest BCUT2D eigenvalue weighted by molar-refractivity contribution is 0.296. The molecule has 0 radical (unpaired) electrons. The third-order valence-electron chi connectivity index (χ3n) is 8.44. The van der Waals surface area contributed by atoms with Crippen LogP contribution in [0.2, 0.25) is 0 Å². The molecule has 4 rings (SSSR count). The Bertz CT molecular complexity index is 1110. The highest BCUT2D eigenvalue weighted by Gasteiger charge is 2.22. The van der Waals surface area contributed by atoms with Crippen LogP contribution < -0.4 is 0 Å². The Labute approximate surface area is 220 Å². The van der Waals surface area contributed by atoms with E-state index in [2.05, 4.69) is 86.0 Å². The number of unbranched alkanes of at least 4 members (excludes halogenated alkanes) is 4. The fourth-order valence-corrected chi connectivity index (χ4v) is 6.09. The molecule has 2 nitrogen and oxygen atoms in total. The molecular weight excluding hydrogens is 436 g/mol. The average Bonchev–Trinajstić information content (AvgIpc) is 3.24. The molecule has 36 heavy (non-hydrogen) atoms. The summed E-state index contributed by atoms with van der Waals surface area (Å²) in [4.78, 5) is 5.07. The van der Waals surface area contributed by atoms with E-state index in [9.17, 15) is 0 Å². The second kappa shape index (κ2) is 13.4. The van der Waals surface area contributed by atoms with Gasteiger partial charge in [-0.2, -0.15) is 0 Å². The molecule has 0 atom stereocenters. The number of benzene rings is 3. The van der Waals surface area contributed by atoms with Gasteiger partial charge < -0.3 is 9.80 Å². The molecule has 0 aromatic heterocycles. The van der Waals surface area contributed by atoms with Gasteiger partial charge in [-0.25, -0.2) is 0 Å². The van der Waals surface area contributed by atoms with E-state index in [1.807, 2.05) is 0 Å². The summed E-state index contributed by atoms with van der Waals surface area (Å²) in [6.07, 6.45) is 10.2. The molecule has 1 aliphatic carbocycles. The molecule has 0 saturated carbocycles. The van der Waals surface area contributed by atoms with Crippen molar-refractivity contribution in [2.75, 3.05) is 39.3 Å². The van der Waals surface area contributed by atoms with Gasteiger partial charge in [0.15, 0.2) is 0 Å². The zero-order valence-corrected chi connectivity index (χ0v) is 23.4. The number of hydrogen-bond acceptors (Lipinski definition) is 2. The SMILES string of the molecule is CCN(CC)CCCCCc1ccc2c(c1)-c1ccc(CCCCCN(CC)CC)c3cccc-2c13. The highest BCUT2D eigenvalue weighted by molar-refractivity contribution is 6.16. The first-order valence-corrected chi connectivity index (χ1v) is 14.8. The Kier molecular flexibility index (Phi) is 10.0. The second-order valence-corrected chi connectivity index (χ2v) is 10.6. The summed E-state index contributed by atoms with van der Waals surface area (Å²) >= 11 is 0. The predicted octanol–water partition coefficient (Wildman–Crippen LogP) is 8.60. The Morgan fingerprint density at radius 3 is 1.81 bits per heavy atom. The van der Waals surface area contributed by atoms with Crippen LogP contribution in [-0.2, 0) is 12.8 Å². The summed E-state index contributed by atoms with van der Waals surface area (Å²) in [5.74, 6) is 0. The summed E-state index contributed by atoms with van der Waals surface area (Å²) in [5.41, 5.74) is 8.79. The van der Waals surface area contributed by atoms with Gasteiger partial charge in [-0.05, 0) is 122 Å². The minimum atomic E-state index is 1.17. The van der Waals surface area contributed by atoms with E-state index in [-0.39, 0.29) is 0 Å². The molecule has 0 unspecified atom stereocenters. The summed E-state index contributed by atoms with van der Waals surface area (Å²) < 4.78 is 0. The molecule has 0 spiro atoms. The third-order valence-corrected chi connectivity index (χ3v) is 8.44. The summed E-state index contributed by atoms with van der Waals surface area (Å²) in [6.45, 7) is 16.2. The van der Waals surface area contributed by atoms with Crippen LogP contribution in [0, 0.1) is 0 Å². The van der Waals surface area contributed by atoms with Crippen molar-refractivity contribution >= 4 is 10.8 Å². The molecular formula is C34H48N2. The van der Waals surface area contributed by atoms with Crippen LogP contribution in [0.5, 0.6) is 0 Å². The number of aryl methyl sites for hydroxylation is 2. The maximum absolute atomic E-state index is 2.54. The second-order valence-electron chi connectivity index (χ2n) is 10.6. The van der Waals surface area contributed by atoms with Crippen molar-refractivity contribution in [2.45, 2.75) is 79.1 Å². The molecule has 0 heterocycles. The van der Waals surface area contributed by atoms with E-state index in [0.29, 0.717) is 0 Å². The lowest BCUT2D eigenvalue weighted by Crippen LogP contribution is -2.23. The van der Waals surface area contributed by atoms with Gasteiger partial charge in [-0.15, -0.1) is 0 Å². The van der Waals surface area contributed by atoms with Gasteiger partial charge in [0, 0.05) is 0 Å². The number of hydrogen-bond donors (Lipinski definition) is 0. The first-order chi connectivity index (χ1) is 17.7. The van der Waals surface area contributed by atoms with Crippen LogP contribution in [0.25, 0.3) is 33.0 Å². The van der Waals surface area contributed by atoms with Crippen molar-refractivity contribution in [3.05, 3.63) is 59.7 Å². The molecule has 194 valence electrons. The molecule has 0 saturated heterocycles.